The maximum absolute atomic E-state index is 12.9. The first kappa shape index (κ1) is 15.6. The third-order valence-corrected chi connectivity index (χ3v) is 3.66. The number of carboxylic acids is 1. The van der Waals surface area contributed by atoms with E-state index in [2.05, 4.69) is 0 Å². The van der Waals surface area contributed by atoms with Crippen LogP contribution in [0.15, 0.2) is 18.2 Å². The lowest BCUT2D eigenvalue weighted by Gasteiger charge is -2.30. The Kier molecular flexibility index (Phi) is 5.01. The number of nitrogens with zero attached hydrogens (tertiary/aromatic N) is 1. The van der Waals surface area contributed by atoms with Gasteiger partial charge in [0, 0.05) is 13.1 Å². The molecule has 1 aromatic rings. The van der Waals surface area contributed by atoms with Crippen molar-refractivity contribution in [2.75, 3.05) is 19.7 Å². The molecule has 1 amide bonds. The summed E-state index contributed by atoms with van der Waals surface area (Å²) in [5.41, 5.74) is 0. The molecule has 114 valence electrons. The normalized spacial score (nSPS) is 18.4. The van der Waals surface area contributed by atoms with Gasteiger partial charge in [0.2, 0.25) is 0 Å². The molecule has 21 heavy (non-hydrogen) atoms. The summed E-state index contributed by atoms with van der Waals surface area (Å²) < 4.78 is 18.2. The van der Waals surface area contributed by atoms with Crippen LogP contribution in [0.25, 0.3) is 0 Å². The number of rotatable bonds is 4. The van der Waals surface area contributed by atoms with E-state index >= 15 is 0 Å². The number of carbonyl (C=O) groups excluding carboxylic acids is 1. The lowest BCUT2D eigenvalue weighted by Crippen LogP contribution is -2.44. The molecule has 1 saturated heterocycles. The van der Waals surface area contributed by atoms with Gasteiger partial charge in [0.05, 0.1) is 10.9 Å². The van der Waals surface area contributed by atoms with Crippen molar-refractivity contribution in [1.82, 2.24) is 4.90 Å². The van der Waals surface area contributed by atoms with Gasteiger partial charge >= 0.3 is 5.97 Å². The number of ether oxygens (including phenoxy) is 1. The highest BCUT2D eigenvalue weighted by atomic mass is 35.5. The molecule has 0 saturated carbocycles. The Balaban J connectivity index is 1.90. The van der Waals surface area contributed by atoms with Gasteiger partial charge in [-0.05, 0) is 31.0 Å². The number of carbonyl (C=O) groups is 2. The third-order valence-electron chi connectivity index (χ3n) is 3.37. The van der Waals surface area contributed by atoms with Crippen LogP contribution in [0.2, 0.25) is 5.02 Å². The summed E-state index contributed by atoms with van der Waals surface area (Å²) in [5, 5.41) is 9.07. The number of hydrogen-bond acceptors (Lipinski definition) is 3. The zero-order valence-electron chi connectivity index (χ0n) is 11.2. The molecule has 5 nitrogen and oxygen atoms in total. The zero-order valence-corrected chi connectivity index (χ0v) is 12.0. The van der Waals surface area contributed by atoms with Crippen LogP contribution in [0.3, 0.4) is 0 Å². The molecule has 0 spiro atoms. The molecular formula is C14H15ClFNO4. The van der Waals surface area contributed by atoms with Crippen LogP contribution in [0, 0.1) is 11.7 Å². The molecule has 0 unspecified atom stereocenters. The van der Waals surface area contributed by atoms with Gasteiger partial charge in [-0.2, -0.15) is 0 Å². The van der Waals surface area contributed by atoms with Crippen LogP contribution in [-0.2, 0) is 9.59 Å². The van der Waals surface area contributed by atoms with Crippen LogP contribution in [-0.4, -0.2) is 41.6 Å². The molecule has 1 heterocycles. The monoisotopic (exact) mass is 315 g/mol. The minimum atomic E-state index is -0.894. The van der Waals surface area contributed by atoms with Crippen LogP contribution >= 0.6 is 11.6 Å². The molecule has 2 rings (SSSR count). The molecule has 0 aliphatic carbocycles. The topological polar surface area (TPSA) is 66.8 Å². The molecule has 0 radical (unpaired) electrons. The largest absolute Gasteiger partial charge is 0.482 e. The van der Waals surface area contributed by atoms with E-state index in [0.717, 1.165) is 6.07 Å². The zero-order chi connectivity index (χ0) is 15.4. The molecule has 1 aliphatic rings. The van der Waals surface area contributed by atoms with Crippen molar-refractivity contribution in [3.8, 4) is 5.75 Å². The predicted octanol–water partition coefficient (Wildman–Crippen LogP) is 2.18. The Labute approximate surface area is 126 Å². The maximum Gasteiger partial charge on any atom is 0.308 e. The van der Waals surface area contributed by atoms with Gasteiger partial charge < -0.3 is 14.7 Å². The van der Waals surface area contributed by atoms with E-state index in [4.69, 9.17) is 21.4 Å². The lowest BCUT2D eigenvalue weighted by molar-refractivity contribution is -0.146. The molecule has 1 aliphatic heterocycles. The summed E-state index contributed by atoms with van der Waals surface area (Å²) in [5.74, 6) is -1.99. The van der Waals surface area contributed by atoms with E-state index in [1.54, 1.807) is 0 Å². The first-order chi connectivity index (χ1) is 9.97. The van der Waals surface area contributed by atoms with Gasteiger partial charge in [-0.25, -0.2) is 4.39 Å². The highest BCUT2D eigenvalue weighted by molar-refractivity contribution is 6.32. The minimum absolute atomic E-state index is 0.0878. The van der Waals surface area contributed by atoms with E-state index in [1.165, 1.54) is 17.0 Å². The summed E-state index contributed by atoms with van der Waals surface area (Å²) in [7, 11) is 0. The van der Waals surface area contributed by atoms with Crippen LogP contribution in [0.5, 0.6) is 5.75 Å². The summed E-state index contributed by atoms with van der Waals surface area (Å²) in [6.45, 7) is 0.454. The van der Waals surface area contributed by atoms with Crippen molar-refractivity contribution < 1.29 is 23.8 Å². The van der Waals surface area contributed by atoms with Crippen LogP contribution < -0.4 is 4.74 Å². The summed E-state index contributed by atoms with van der Waals surface area (Å²) in [6, 6.07) is 3.64. The van der Waals surface area contributed by atoms with Crippen molar-refractivity contribution in [1.29, 1.82) is 0 Å². The third kappa shape index (κ3) is 4.07. The molecule has 0 bridgehead atoms. The smallest absolute Gasteiger partial charge is 0.308 e. The van der Waals surface area contributed by atoms with Crippen molar-refractivity contribution in [2.24, 2.45) is 5.92 Å². The molecule has 1 atom stereocenters. The van der Waals surface area contributed by atoms with Crippen LogP contribution in [0.4, 0.5) is 4.39 Å². The Hall–Kier alpha value is -1.82. The Morgan fingerprint density at radius 1 is 1.48 bits per heavy atom. The summed E-state index contributed by atoms with van der Waals surface area (Å²) in [6.07, 6.45) is 1.23. The van der Waals surface area contributed by atoms with E-state index in [9.17, 15) is 14.0 Å². The highest BCUT2D eigenvalue weighted by Gasteiger charge is 2.28. The second-order valence-corrected chi connectivity index (χ2v) is 5.29. The lowest BCUT2D eigenvalue weighted by atomic mass is 9.98. The maximum atomic E-state index is 12.9. The Morgan fingerprint density at radius 3 is 2.90 bits per heavy atom. The van der Waals surface area contributed by atoms with E-state index in [-0.39, 0.29) is 29.8 Å². The average Bonchev–Trinajstić information content (AvgIpc) is 2.46. The van der Waals surface area contributed by atoms with E-state index < -0.39 is 17.7 Å². The SMILES string of the molecule is O=C(O)[C@@H]1CCCN(C(=O)COc2ccc(F)cc2Cl)C1. The fourth-order valence-corrected chi connectivity index (χ4v) is 2.45. The first-order valence-corrected chi connectivity index (χ1v) is 6.93. The average molecular weight is 316 g/mol. The van der Waals surface area contributed by atoms with Crippen molar-refractivity contribution in [3.63, 3.8) is 0 Å². The number of piperidine rings is 1. The van der Waals surface area contributed by atoms with Gasteiger partial charge in [0.15, 0.2) is 6.61 Å². The van der Waals surface area contributed by atoms with Gasteiger partial charge in [0.25, 0.3) is 5.91 Å². The van der Waals surface area contributed by atoms with Gasteiger partial charge in [-0.1, -0.05) is 11.6 Å². The fourth-order valence-electron chi connectivity index (χ4n) is 2.23. The van der Waals surface area contributed by atoms with Crippen molar-refractivity contribution >= 4 is 23.5 Å². The van der Waals surface area contributed by atoms with Gasteiger partial charge in [0.1, 0.15) is 11.6 Å². The molecule has 7 heteroatoms. The number of amides is 1. The number of carboxylic acid groups (broad SMARTS) is 1. The molecule has 0 aromatic heterocycles. The molecule has 1 fully saturated rings. The molecular weight excluding hydrogens is 301 g/mol. The van der Waals surface area contributed by atoms with Crippen molar-refractivity contribution in [2.45, 2.75) is 12.8 Å². The number of benzene rings is 1. The Morgan fingerprint density at radius 2 is 2.24 bits per heavy atom. The quantitative estimate of drug-likeness (QED) is 0.925. The Bertz CT molecular complexity index is 552. The highest BCUT2D eigenvalue weighted by Crippen LogP contribution is 2.25. The number of likely N-dealkylation sites (tertiary alicyclic amines) is 1. The van der Waals surface area contributed by atoms with E-state index in [1.807, 2.05) is 0 Å². The van der Waals surface area contributed by atoms with Crippen molar-refractivity contribution in [3.05, 3.63) is 29.0 Å². The first-order valence-electron chi connectivity index (χ1n) is 6.56. The second kappa shape index (κ2) is 6.76. The number of hydrogen-bond donors (Lipinski definition) is 1. The van der Waals surface area contributed by atoms with E-state index in [0.29, 0.717) is 19.4 Å². The minimum Gasteiger partial charge on any atom is -0.482 e. The fraction of sp³-hybridized carbons (Fsp3) is 0.429. The standard InChI is InChI=1S/C14H15ClFNO4/c15-11-6-10(16)3-4-12(11)21-8-13(18)17-5-1-2-9(7-17)14(19)20/h3-4,6,9H,1-2,5,7-8H2,(H,19,20)/t9-/m1/s1. The number of aliphatic carboxylic acids is 1. The summed E-state index contributed by atoms with van der Waals surface area (Å²) in [4.78, 5) is 24.4. The molecule has 1 N–H and O–H groups in total. The van der Waals surface area contributed by atoms with Gasteiger partial charge in [-0.15, -0.1) is 0 Å². The predicted molar refractivity (Wildman–Crippen MR) is 73.8 cm³/mol. The number of halogens is 2. The van der Waals surface area contributed by atoms with Crippen LogP contribution in [0.1, 0.15) is 12.8 Å². The van der Waals surface area contributed by atoms with Gasteiger partial charge in [-0.3, -0.25) is 9.59 Å². The second-order valence-electron chi connectivity index (χ2n) is 4.88. The summed E-state index contributed by atoms with van der Waals surface area (Å²) >= 11 is 5.80. The molecule has 1 aromatic carbocycles.